The fourth-order valence-corrected chi connectivity index (χ4v) is 4.08. The highest BCUT2D eigenvalue weighted by atomic mass is 79.9. The predicted octanol–water partition coefficient (Wildman–Crippen LogP) is 4.21. The van der Waals surface area contributed by atoms with E-state index in [0.29, 0.717) is 17.4 Å². The first-order valence-electron chi connectivity index (χ1n) is 7.84. The minimum Gasteiger partial charge on any atom is -0.378 e. The van der Waals surface area contributed by atoms with Crippen LogP contribution in [0.3, 0.4) is 0 Å². The summed E-state index contributed by atoms with van der Waals surface area (Å²) in [7, 11) is 0. The second-order valence-corrected chi connectivity index (χ2v) is 7.19. The van der Waals surface area contributed by atoms with Crippen molar-refractivity contribution >= 4 is 27.5 Å². The van der Waals surface area contributed by atoms with E-state index in [1.54, 1.807) is 0 Å². The normalized spacial score (nSPS) is 25.7. The van der Waals surface area contributed by atoms with Crippen molar-refractivity contribution in [2.45, 2.75) is 50.0 Å². The van der Waals surface area contributed by atoms with Gasteiger partial charge in [0, 0.05) is 23.5 Å². The van der Waals surface area contributed by atoms with Gasteiger partial charge in [-0.1, -0.05) is 28.1 Å². The minimum absolute atomic E-state index is 0.127. The first-order chi connectivity index (χ1) is 10.2. The van der Waals surface area contributed by atoms with Crippen molar-refractivity contribution in [2.24, 2.45) is 5.92 Å². The Bertz CT molecular complexity index is 526. The summed E-state index contributed by atoms with van der Waals surface area (Å²) >= 11 is 3.83. The topological polar surface area (TPSA) is 38.3 Å². The summed E-state index contributed by atoms with van der Waals surface area (Å²) in [5, 5.41) is 2.94. The molecule has 4 heteroatoms. The van der Waals surface area contributed by atoms with E-state index < -0.39 is 0 Å². The number of carbonyl (C=O) groups is 1. The van der Waals surface area contributed by atoms with Crippen LogP contribution in [0.4, 0.5) is 5.69 Å². The lowest BCUT2D eigenvalue weighted by Crippen LogP contribution is -2.31. The van der Waals surface area contributed by atoms with Crippen LogP contribution in [-0.4, -0.2) is 18.6 Å². The number of rotatable bonds is 5. The van der Waals surface area contributed by atoms with E-state index in [4.69, 9.17) is 4.74 Å². The maximum atomic E-state index is 11.4. The molecule has 1 aliphatic carbocycles. The lowest BCUT2D eigenvalue weighted by Gasteiger charge is -2.36. The number of carbonyl (C=O) groups excluding carboxylic acids is 1. The van der Waals surface area contributed by atoms with Gasteiger partial charge in [-0.2, -0.15) is 0 Å². The number of amides is 1. The van der Waals surface area contributed by atoms with Crippen molar-refractivity contribution in [3.63, 3.8) is 0 Å². The quantitative estimate of drug-likeness (QED) is 0.806. The molecule has 1 heterocycles. The molecular weight excluding hydrogens is 330 g/mol. The summed E-state index contributed by atoms with van der Waals surface area (Å²) in [4.78, 5) is 11.8. The molecule has 1 saturated carbocycles. The Morgan fingerprint density at radius 1 is 1.38 bits per heavy atom. The van der Waals surface area contributed by atoms with Crippen molar-refractivity contribution in [1.29, 1.82) is 0 Å². The molecule has 1 atom stereocenters. The lowest BCUT2D eigenvalue weighted by atomic mass is 9.78. The van der Waals surface area contributed by atoms with Crippen molar-refractivity contribution in [2.75, 3.05) is 11.9 Å². The van der Waals surface area contributed by atoms with Gasteiger partial charge in [-0.05, 0) is 55.7 Å². The summed E-state index contributed by atoms with van der Waals surface area (Å²) in [6, 6.07) is 6.41. The number of fused-ring (bicyclic) bond motifs is 1. The number of nitrogens with one attached hydrogen (secondary N) is 1. The number of aryl methyl sites for hydroxylation is 1. The number of benzene rings is 1. The third kappa shape index (κ3) is 3.49. The third-order valence-corrected chi connectivity index (χ3v) is 5.42. The molecule has 0 saturated heterocycles. The summed E-state index contributed by atoms with van der Waals surface area (Å²) in [5.74, 6) is 0.892. The van der Waals surface area contributed by atoms with Crippen LogP contribution in [0.15, 0.2) is 18.2 Å². The second-order valence-electron chi connectivity index (χ2n) is 6.08. The summed E-state index contributed by atoms with van der Waals surface area (Å²) in [6.45, 7) is 2.89. The number of hydrogen-bond donors (Lipinski definition) is 1. The zero-order valence-corrected chi connectivity index (χ0v) is 14.0. The van der Waals surface area contributed by atoms with Crippen LogP contribution in [0.1, 0.15) is 48.6 Å². The zero-order chi connectivity index (χ0) is 14.8. The van der Waals surface area contributed by atoms with Crippen LogP contribution < -0.4 is 5.32 Å². The third-order valence-electron chi connectivity index (χ3n) is 4.52. The fourth-order valence-electron chi connectivity index (χ4n) is 3.27. The van der Waals surface area contributed by atoms with E-state index in [9.17, 15) is 4.79 Å². The van der Waals surface area contributed by atoms with Crippen molar-refractivity contribution < 1.29 is 9.53 Å². The summed E-state index contributed by atoms with van der Waals surface area (Å²) in [5.41, 5.74) is 3.57. The molecule has 0 bridgehead atoms. The molecule has 114 valence electrons. The molecule has 21 heavy (non-hydrogen) atoms. The predicted molar refractivity (Wildman–Crippen MR) is 87.8 cm³/mol. The molecule has 0 aromatic heterocycles. The van der Waals surface area contributed by atoms with Crippen LogP contribution in [0, 0.1) is 5.92 Å². The molecule has 1 N–H and O–H groups in total. The number of ether oxygens (including phenoxy) is 1. The molecule has 3 rings (SSSR count). The van der Waals surface area contributed by atoms with Gasteiger partial charge in [-0.15, -0.1) is 0 Å². The number of anilines is 1. The zero-order valence-electron chi connectivity index (χ0n) is 12.4. The highest BCUT2D eigenvalue weighted by Crippen LogP contribution is 2.41. The monoisotopic (exact) mass is 351 g/mol. The first-order valence-corrected chi connectivity index (χ1v) is 8.75. The van der Waals surface area contributed by atoms with Crippen LogP contribution in [0.2, 0.25) is 0 Å². The SMILES string of the molecule is CCOC1CC(CC(Br)c2ccc3c(c2)CCC(=O)N3)C1. The van der Waals surface area contributed by atoms with E-state index in [2.05, 4.69) is 40.3 Å². The number of alkyl halides is 1. The number of halogens is 1. The Kier molecular flexibility index (Phi) is 4.65. The summed E-state index contributed by atoms with van der Waals surface area (Å²) in [6.07, 6.45) is 5.48. The smallest absolute Gasteiger partial charge is 0.224 e. The van der Waals surface area contributed by atoms with Gasteiger partial charge < -0.3 is 10.1 Å². The van der Waals surface area contributed by atoms with Gasteiger partial charge in [0.25, 0.3) is 0 Å². The van der Waals surface area contributed by atoms with Gasteiger partial charge in [0.15, 0.2) is 0 Å². The van der Waals surface area contributed by atoms with Gasteiger partial charge in [0.05, 0.1) is 6.10 Å². The molecule has 2 aliphatic rings. The van der Waals surface area contributed by atoms with Gasteiger partial charge in [0.1, 0.15) is 0 Å². The molecular formula is C17H22BrNO2. The van der Waals surface area contributed by atoms with Crippen molar-refractivity contribution in [3.05, 3.63) is 29.3 Å². The Balaban J connectivity index is 1.58. The largest absolute Gasteiger partial charge is 0.378 e. The Hall–Kier alpha value is -0.870. The fraction of sp³-hybridized carbons (Fsp3) is 0.588. The molecule has 1 amide bonds. The average molecular weight is 352 g/mol. The standard InChI is InChI=1S/C17H22BrNO2/c1-2-21-14-7-11(8-14)9-15(18)12-3-5-16-13(10-12)4-6-17(20)19-16/h3,5,10-11,14-15H,2,4,6-9H2,1H3,(H,19,20). The molecule has 1 fully saturated rings. The van der Waals surface area contributed by atoms with E-state index in [1.165, 1.54) is 24.0 Å². The number of hydrogen-bond acceptors (Lipinski definition) is 2. The maximum absolute atomic E-state index is 11.4. The molecule has 1 unspecified atom stereocenters. The highest BCUT2D eigenvalue weighted by molar-refractivity contribution is 9.09. The molecule has 1 aliphatic heterocycles. The molecule has 3 nitrogen and oxygen atoms in total. The minimum atomic E-state index is 0.127. The second kappa shape index (κ2) is 6.49. The van der Waals surface area contributed by atoms with Gasteiger partial charge >= 0.3 is 0 Å². The average Bonchev–Trinajstić information content (AvgIpc) is 2.44. The van der Waals surface area contributed by atoms with Gasteiger partial charge in [-0.3, -0.25) is 4.79 Å². The Morgan fingerprint density at radius 2 is 2.19 bits per heavy atom. The highest BCUT2D eigenvalue weighted by Gasteiger charge is 2.31. The van der Waals surface area contributed by atoms with E-state index in [0.717, 1.165) is 31.1 Å². The van der Waals surface area contributed by atoms with E-state index in [1.807, 2.05) is 6.07 Å². The maximum Gasteiger partial charge on any atom is 0.224 e. The van der Waals surface area contributed by atoms with Crippen LogP contribution in [0.25, 0.3) is 0 Å². The Morgan fingerprint density at radius 3 is 2.95 bits per heavy atom. The molecule has 1 aromatic rings. The molecule has 0 radical (unpaired) electrons. The van der Waals surface area contributed by atoms with Crippen molar-refractivity contribution in [1.82, 2.24) is 0 Å². The Labute approximate surface area is 134 Å². The lowest BCUT2D eigenvalue weighted by molar-refractivity contribution is -0.116. The summed E-state index contributed by atoms with van der Waals surface area (Å²) < 4.78 is 5.62. The van der Waals surface area contributed by atoms with Crippen LogP contribution >= 0.6 is 15.9 Å². The molecule has 0 spiro atoms. The van der Waals surface area contributed by atoms with Gasteiger partial charge in [0.2, 0.25) is 5.91 Å². The van der Waals surface area contributed by atoms with Crippen LogP contribution in [0.5, 0.6) is 0 Å². The van der Waals surface area contributed by atoms with Crippen LogP contribution in [-0.2, 0) is 16.0 Å². The van der Waals surface area contributed by atoms with E-state index >= 15 is 0 Å². The first kappa shape index (κ1) is 15.0. The van der Waals surface area contributed by atoms with Gasteiger partial charge in [-0.25, -0.2) is 0 Å². The van der Waals surface area contributed by atoms with Crippen molar-refractivity contribution in [3.8, 4) is 0 Å². The molecule has 1 aromatic carbocycles. The van der Waals surface area contributed by atoms with E-state index in [-0.39, 0.29) is 5.91 Å².